The van der Waals surface area contributed by atoms with E-state index in [4.69, 9.17) is 0 Å². The van der Waals surface area contributed by atoms with Crippen molar-refractivity contribution in [1.29, 1.82) is 0 Å². The van der Waals surface area contributed by atoms with E-state index >= 15 is 0 Å². The second-order valence-corrected chi connectivity index (χ2v) is 2.94. The Labute approximate surface area is 86.5 Å². The zero-order chi connectivity index (χ0) is 11.4. The predicted molar refractivity (Wildman–Crippen MR) is 53.6 cm³/mol. The van der Waals surface area contributed by atoms with Crippen molar-refractivity contribution in [2.75, 3.05) is 6.54 Å². The highest BCUT2D eigenvalue weighted by molar-refractivity contribution is 5.98. The van der Waals surface area contributed by atoms with Gasteiger partial charge in [0.05, 0.1) is 0 Å². The van der Waals surface area contributed by atoms with Crippen LogP contribution in [0.4, 0.5) is 5.82 Å². The van der Waals surface area contributed by atoms with Crippen LogP contribution in [0.25, 0.3) is 0 Å². The molecule has 1 N–H and O–H groups in total. The van der Waals surface area contributed by atoms with Crippen LogP contribution in [0, 0.1) is 17.0 Å². The fourth-order valence-corrected chi connectivity index (χ4v) is 1.21. The van der Waals surface area contributed by atoms with Crippen LogP contribution in [0.15, 0.2) is 12.3 Å². The summed E-state index contributed by atoms with van der Waals surface area (Å²) >= 11 is 0. The smallest absolute Gasteiger partial charge is 0.358 e. The molecule has 1 heterocycles. The van der Waals surface area contributed by atoms with Crippen LogP contribution in [0.3, 0.4) is 0 Å². The van der Waals surface area contributed by atoms with Crippen molar-refractivity contribution in [3.05, 3.63) is 33.5 Å². The lowest BCUT2D eigenvalue weighted by molar-refractivity contribution is -0.389. The number of nitrogens with zero attached hydrogens (tertiary/aromatic N) is 2. The first-order valence-electron chi connectivity index (χ1n) is 4.46. The Morgan fingerprint density at radius 2 is 2.33 bits per heavy atom. The van der Waals surface area contributed by atoms with Crippen LogP contribution in [0.1, 0.15) is 22.8 Å². The molecule has 1 aromatic rings. The molecule has 0 radical (unpaired) electrons. The molecule has 0 unspecified atom stereocenters. The molecule has 6 heteroatoms. The van der Waals surface area contributed by atoms with Gasteiger partial charge in [0.15, 0.2) is 0 Å². The van der Waals surface area contributed by atoms with E-state index in [0.29, 0.717) is 12.1 Å². The van der Waals surface area contributed by atoms with Crippen LogP contribution in [0.5, 0.6) is 0 Å². The normalized spacial score (nSPS) is 9.73. The highest BCUT2D eigenvalue weighted by atomic mass is 16.6. The van der Waals surface area contributed by atoms with Crippen LogP contribution < -0.4 is 5.32 Å². The zero-order valence-electron chi connectivity index (χ0n) is 8.48. The minimum atomic E-state index is -0.655. The number of hydrogen-bond donors (Lipinski definition) is 1. The van der Waals surface area contributed by atoms with Gasteiger partial charge in [-0.05, 0) is 35.4 Å². The minimum absolute atomic E-state index is 0.0318. The van der Waals surface area contributed by atoms with Crippen molar-refractivity contribution >= 4 is 11.7 Å². The van der Waals surface area contributed by atoms with E-state index in [0.717, 1.165) is 0 Å². The fraction of sp³-hybridized carbons (Fsp3) is 0.333. The van der Waals surface area contributed by atoms with Gasteiger partial charge >= 0.3 is 5.82 Å². The summed E-state index contributed by atoms with van der Waals surface area (Å²) < 4.78 is 0. The molecule has 15 heavy (non-hydrogen) atoms. The first-order chi connectivity index (χ1) is 7.07. The number of aryl methyl sites for hydroxylation is 1. The van der Waals surface area contributed by atoms with Crippen molar-refractivity contribution < 1.29 is 9.72 Å². The summed E-state index contributed by atoms with van der Waals surface area (Å²) in [5, 5.41) is 13.2. The first-order valence-corrected chi connectivity index (χ1v) is 4.46. The summed E-state index contributed by atoms with van der Waals surface area (Å²) in [6.07, 6.45) is 1.32. The molecule has 0 fully saturated rings. The Morgan fingerprint density at radius 1 is 1.67 bits per heavy atom. The third-order valence-electron chi connectivity index (χ3n) is 1.88. The number of carbonyl (C=O) groups is 1. The van der Waals surface area contributed by atoms with Crippen molar-refractivity contribution in [3.63, 3.8) is 0 Å². The van der Waals surface area contributed by atoms with Crippen LogP contribution >= 0.6 is 0 Å². The molecule has 0 saturated heterocycles. The molecule has 1 rings (SSSR count). The van der Waals surface area contributed by atoms with Gasteiger partial charge in [0.1, 0.15) is 11.8 Å². The standard InChI is InChI=1S/C9H11N3O3/c1-3-10-9(13)7-6(2)4-5-11-8(7)12(14)15/h4-5H,3H2,1-2H3,(H,10,13). The Kier molecular flexibility index (Phi) is 3.33. The number of carbonyl (C=O) groups excluding carboxylic acids is 1. The molecule has 0 atom stereocenters. The van der Waals surface area contributed by atoms with Gasteiger partial charge in [0.25, 0.3) is 5.91 Å². The summed E-state index contributed by atoms with van der Waals surface area (Å²) in [7, 11) is 0. The van der Waals surface area contributed by atoms with E-state index in [1.807, 2.05) is 0 Å². The molecule has 80 valence electrons. The lowest BCUT2D eigenvalue weighted by Crippen LogP contribution is -2.24. The molecular formula is C9H11N3O3. The van der Waals surface area contributed by atoms with Gasteiger partial charge < -0.3 is 15.4 Å². The molecule has 0 bridgehead atoms. The summed E-state index contributed by atoms with van der Waals surface area (Å²) in [5.74, 6) is -0.865. The number of amides is 1. The van der Waals surface area contributed by atoms with E-state index < -0.39 is 16.6 Å². The van der Waals surface area contributed by atoms with Crippen molar-refractivity contribution in [2.24, 2.45) is 0 Å². The van der Waals surface area contributed by atoms with Gasteiger partial charge in [-0.3, -0.25) is 4.79 Å². The topological polar surface area (TPSA) is 85.1 Å². The monoisotopic (exact) mass is 209 g/mol. The summed E-state index contributed by atoms with van der Waals surface area (Å²) in [6, 6.07) is 1.57. The second kappa shape index (κ2) is 4.50. The van der Waals surface area contributed by atoms with Crippen LogP contribution in [-0.2, 0) is 0 Å². The van der Waals surface area contributed by atoms with Gasteiger partial charge in [-0.1, -0.05) is 0 Å². The molecule has 0 spiro atoms. The number of rotatable bonds is 3. The minimum Gasteiger partial charge on any atom is -0.358 e. The molecule has 6 nitrogen and oxygen atoms in total. The Balaban J connectivity index is 3.24. The molecule has 0 aliphatic heterocycles. The van der Waals surface area contributed by atoms with E-state index in [9.17, 15) is 14.9 Å². The molecule has 0 aliphatic rings. The van der Waals surface area contributed by atoms with Gasteiger partial charge in [-0.15, -0.1) is 0 Å². The van der Waals surface area contributed by atoms with Gasteiger partial charge in [0.2, 0.25) is 0 Å². The third-order valence-corrected chi connectivity index (χ3v) is 1.88. The SMILES string of the molecule is CCNC(=O)c1c(C)ccnc1[N+](=O)[O-]. The first kappa shape index (κ1) is 11.1. The average molecular weight is 209 g/mol. The zero-order valence-corrected chi connectivity index (χ0v) is 8.48. The highest BCUT2D eigenvalue weighted by Crippen LogP contribution is 2.18. The molecule has 1 amide bonds. The molecular weight excluding hydrogens is 198 g/mol. The summed E-state index contributed by atoms with van der Waals surface area (Å²) in [6.45, 7) is 3.80. The third kappa shape index (κ3) is 2.28. The Hall–Kier alpha value is -1.98. The number of nitro groups is 1. The number of hydrogen-bond acceptors (Lipinski definition) is 4. The largest absolute Gasteiger partial charge is 0.376 e. The molecule has 1 aromatic heterocycles. The van der Waals surface area contributed by atoms with Crippen molar-refractivity contribution in [2.45, 2.75) is 13.8 Å². The van der Waals surface area contributed by atoms with E-state index in [1.54, 1.807) is 19.9 Å². The maximum absolute atomic E-state index is 11.5. The average Bonchev–Trinajstić information content (AvgIpc) is 2.17. The molecule has 0 aromatic carbocycles. The van der Waals surface area contributed by atoms with E-state index in [1.165, 1.54) is 6.20 Å². The maximum Gasteiger partial charge on any atom is 0.376 e. The number of pyridine rings is 1. The van der Waals surface area contributed by atoms with Gasteiger partial charge in [-0.2, -0.15) is 0 Å². The quantitative estimate of drug-likeness (QED) is 0.595. The highest BCUT2D eigenvalue weighted by Gasteiger charge is 2.22. The lowest BCUT2D eigenvalue weighted by atomic mass is 10.1. The van der Waals surface area contributed by atoms with Crippen molar-refractivity contribution in [3.8, 4) is 0 Å². The number of aromatic nitrogens is 1. The second-order valence-electron chi connectivity index (χ2n) is 2.94. The van der Waals surface area contributed by atoms with Gasteiger partial charge in [0, 0.05) is 6.54 Å². The summed E-state index contributed by atoms with van der Waals surface area (Å²) in [5.41, 5.74) is 0.576. The van der Waals surface area contributed by atoms with E-state index in [2.05, 4.69) is 10.3 Å². The molecule has 0 saturated carbocycles. The molecule has 0 aliphatic carbocycles. The lowest BCUT2D eigenvalue weighted by Gasteiger charge is -2.05. The maximum atomic E-state index is 11.5. The Morgan fingerprint density at radius 3 is 2.87 bits per heavy atom. The van der Waals surface area contributed by atoms with Gasteiger partial charge in [-0.25, -0.2) is 0 Å². The van der Waals surface area contributed by atoms with Crippen LogP contribution in [-0.4, -0.2) is 22.4 Å². The Bertz CT molecular complexity index is 404. The van der Waals surface area contributed by atoms with Crippen molar-refractivity contribution in [1.82, 2.24) is 10.3 Å². The summed E-state index contributed by atoms with van der Waals surface area (Å²) in [4.78, 5) is 25.1. The predicted octanol–water partition coefficient (Wildman–Crippen LogP) is 1.05. The fourth-order valence-electron chi connectivity index (χ4n) is 1.21. The number of nitrogens with one attached hydrogen (secondary N) is 1. The van der Waals surface area contributed by atoms with E-state index in [-0.39, 0.29) is 5.56 Å². The van der Waals surface area contributed by atoms with Crippen LogP contribution in [0.2, 0.25) is 0 Å².